The van der Waals surface area contributed by atoms with Crippen LogP contribution in [0.15, 0.2) is 54.6 Å². The zero-order valence-electron chi connectivity index (χ0n) is 16.4. The second-order valence-corrected chi connectivity index (χ2v) is 6.90. The fourth-order valence-electron chi connectivity index (χ4n) is 3.33. The van der Waals surface area contributed by atoms with E-state index in [1.54, 1.807) is 12.1 Å². The number of hydrogen-bond acceptors (Lipinski definition) is 6. The van der Waals surface area contributed by atoms with Gasteiger partial charge >= 0.3 is 0 Å². The summed E-state index contributed by atoms with van der Waals surface area (Å²) in [6.07, 6.45) is 0. The van der Waals surface area contributed by atoms with E-state index in [1.165, 1.54) is 6.07 Å². The molecule has 1 aliphatic rings. The van der Waals surface area contributed by atoms with Crippen molar-refractivity contribution in [2.75, 3.05) is 41.8 Å². The number of anilines is 4. The summed E-state index contributed by atoms with van der Waals surface area (Å²) in [5.74, 6) is 0.902. The van der Waals surface area contributed by atoms with Gasteiger partial charge in [0, 0.05) is 37.0 Å². The molecular formula is C22H24FN5O. The number of aryl methyl sites for hydroxylation is 1. The van der Waals surface area contributed by atoms with E-state index in [-0.39, 0.29) is 5.82 Å². The molecule has 0 spiro atoms. The first-order chi connectivity index (χ1) is 14.2. The lowest BCUT2D eigenvalue weighted by Gasteiger charge is -2.30. The minimum absolute atomic E-state index is 0.245. The molecule has 0 atom stereocenters. The van der Waals surface area contributed by atoms with E-state index in [0.717, 1.165) is 43.4 Å². The van der Waals surface area contributed by atoms with E-state index in [4.69, 9.17) is 4.74 Å². The SMILES string of the molecule is Cc1cc(Nc2ccccc2N2CCOCC2)nc(NCc2ccccc2F)n1. The Morgan fingerprint density at radius 1 is 1.03 bits per heavy atom. The average Bonchev–Trinajstić information content (AvgIpc) is 2.74. The molecule has 6 nitrogen and oxygen atoms in total. The highest BCUT2D eigenvalue weighted by Gasteiger charge is 2.15. The van der Waals surface area contributed by atoms with Crippen molar-refractivity contribution in [3.63, 3.8) is 0 Å². The third-order valence-corrected chi connectivity index (χ3v) is 4.77. The smallest absolute Gasteiger partial charge is 0.225 e. The minimum atomic E-state index is -0.245. The quantitative estimate of drug-likeness (QED) is 0.657. The highest BCUT2D eigenvalue weighted by Crippen LogP contribution is 2.29. The monoisotopic (exact) mass is 393 g/mol. The Morgan fingerprint density at radius 3 is 2.62 bits per heavy atom. The summed E-state index contributed by atoms with van der Waals surface area (Å²) >= 11 is 0. The number of hydrogen-bond donors (Lipinski definition) is 2. The molecule has 1 saturated heterocycles. The van der Waals surface area contributed by atoms with Crippen LogP contribution in [0.3, 0.4) is 0 Å². The summed E-state index contributed by atoms with van der Waals surface area (Å²) < 4.78 is 19.3. The Morgan fingerprint density at radius 2 is 1.79 bits per heavy atom. The zero-order chi connectivity index (χ0) is 20.1. The van der Waals surface area contributed by atoms with Gasteiger partial charge in [-0.25, -0.2) is 9.37 Å². The summed E-state index contributed by atoms with van der Waals surface area (Å²) in [4.78, 5) is 11.3. The highest BCUT2D eigenvalue weighted by atomic mass is 19.1. The Kier molecular flexibility index (Phi) is 5.86. The first-order valence-electron chi connectivity index (χ1n) is 9.71. The molecule has 0 radical (unpaired) electrons. The molecule has 7 heteroatoms. The van der Waals surface area contributed by atoms with Crippen molar-refractivity contribution in [1.29, 1.82) is 0 Å². The van der Waals surface area contributed by atoms with Gasteiger partial charge in [-0.15, -0.1) is 0 Å². The number of nitrogens with zero attached hydrogens (tertiary/aromatic N) is 3. The molecule has 29 heavy (non-hydrogen) atoms. The Balaban J connectivity index is 1.52. The summed E-state index contributed by atoms with van der Waals surface area (Å²) in [7, 11) is 0. The average molecular weight is 393 g/mol. The van der Waals surface area contributed by atoms with Crippen molar-refractivity contribution >= 4 is 23.1 Å². The van der Waals surface area contributed by atoms with Gasteiger partial charge in [0.25, 0.3) is 0 Å². The summed E-state index contributed by atoms with van der Waals surface area (Å²) in [6, 6.07) is 16.7. The van der Waals surface area contributed by atoms with Crippen molar-refractivity contribution in [2.45, 2.75) is 13.5 Å². The largest absolute Gasteiger partial charge is 0.378 e. The van der Waals surface area contributed by atoms with Crippen LogP contribution in [0.25, 0.3) is 0 Å². The van der Waals surface area contributed by atoms with Crippen molar-refractivity contribution < 1.29 is 9.13 Å². The second-order valence-electron chi connectivity index (χ2n) is 6.90. The predicted octanol–water partition coefficient (Wildman–Crippen LogP) is 4.12. The number of nitrogens with one attached hydrogen (secondary N) is 2. The van der Waals surface area contributed by atoms with E-state index in [1.807, 2.05) is 37.3 Å². The van der Waals surface area contributed by atoms with E-state index in [9.17, 15) is 4.39 Å². The molecule has 3 aromatic rings. The molecule has 0 amide bonds. The Labute approximate surface area is 169 Å². The third-order valence-electron chi connectivity index (χ3n) is 4.77. The van der Waals surface area contributed by atoms with Crippen LogP contribution in [0.4, 0.5) is 27.5 Å². The van der Waals surface area contributed by atoms with Gasteiger partial charge < -0.3 is 20.3 Å². The number of ether oxygens (including phenoxy) is 1. The first-order valence-corrected chi connectivity index (χ1v) is 9.71. The standard InChI is InChI=1S/C22H24FN5O/c1-16-14-21(27-22(25-16)24-15-17-6-2-3-7-18(17)23)26-19-8-4-5-9-20(19)28-10-12-29-13-11-28/h2-9,14H,10-13,15H2,1H3,(H2,24,25,26,27). The van der Waals surface area contributed by atoms with Crippen LogP contribution < -0.4 is 15.5 Å². The van der Waals surface area contributed by atoms with Crippen LogP contribution in [0.2, 0.25) is 0 Å². The van der Waals surface area contributed by atoms with Crippen LogP contribution in [0.1, 0.15) is 11.3 Å². The Hall–Kier alpha value is -3.19. The summed E-state index contributed by atoms with van der Waals surface area (Å²) in [6.45, 7) is 5.40. The van der Waals surface area contributed by atoms with Crippen LogP contribution >= 0.6 is 0 Å². The predicted molar refractivity (Wildman–Crippen MR) is 113 cm³/mol. The highest BCUT2D eigenvalue weighted by molar-refractivity contribution is 5.74. The van der Waals surface area contributed by atoms with Gasteiger partial charge in [-0.1, -0.05) is 30.3 Å². The maximum Gasteiger partial charge on any atom is 0.225 e. The van der Waals surface area contributed by atoms with E-state index < -0.39 is 0 Å². The van der Waals surface area contributed by atoms with Crippen molar-refractivity contribution in [3.05, 3.63) is 71.7 Å². The van der Waals surface area contributed by atoms with Gasteiger partial charge in [0.05, 0.1) is 24.6 Å². The molecule has 0 unspecified atom stereocenters. The number of rotatable bonds is 6. The molecule has 1 aliphatic heterocycles. The van der Waals surface area contributed by atoms with Crippen molar-refractivity contribution in [1.82, 2.24) is 9.97 Å². The molecule has 2 N–H and O–H groups in total. The van der Waals surface area contributed by atoms with Crippen LogP contribution in [-0.2, 0) is 11.3 Å². The molecule has 2 aromatic carbocycles. The number of aromatic nitrogens is 2. The van der Waals surface area contributed by atoms with E-state index >= 15 is 0 Å². The lowest BCUT2D eigenvalue weighted by molar-refractivity contribution is 0.123. The molecule has 1 aromatic heterocycles. The molecule has 2 heterocycles. The maximum atomic E-state index is 13.9. The fraction of sp³-hybridized carbons (Fsp3) is 0.273. The molecule has 4 rings (SSSR count). The molecule has 0 bridgehead atoms. The normalized spacial score (nSPS) is 13.9. The first kappa shape index (κ1) is 19.1. The molecule has 0 aliphatic carbocycles. The van der Waals surface area contributed by atoms with Crippen LogP contribution in [0, 0.1) is 12.7 Å². The summed E-state index contributed by atoms with van der Waals surface area (Å²) in [5, 5.41) is 6.53. The topological polar surface area (TPSA) is 62.3 Å². The lowest BCUT2D eigenvalue weighted by Crippen LogP contribution is -2.36. The van der Waals surface area contributed by atoms with E-state index in [0.29, 0.717) is 23.9 Å². The number of halogens is 1. The lowest BCUT2D eigenvalue weighted by atomic mass is 10.2. The minimum Gasteiger partial charge on any atom is -0.378 e. The van der Waals surface area contributed by atoms with E-state index in [2.05, 4.69) is 31.6 Å². The molecule has 0 saturated carbocycles. The number of para-hydroxylation sites is 2. The van der Waals surface area contributed by atoms with Gasteiger partial charge in [-0.3, -0.25) is 0 Å². The van der Waals surface area contributed by atoms with Crippen molar-refractivity contribution in [2.24, 2.45) is 0 Å². The number of morpholine rings is 1. The second kappa shape index (κ2) is 8.87. The van der Waals surface area contributed by atoms with Gasteiger partial charge in [0.15, 0.2) is 0 Å². The maximum absolute atomic E-state index is 13.9. The van der Waals surface area contributed by atoms with Crippen LogP contribution in [-0.4, -0.2) is 36.3 Å². The molecule has 150 valence electrons. The Bertz CT molecular complexity index is 975. The van der Waals surface area contributed by atoms with Gasteiger partial charge in [-0.05, 0) is 25.1 Å². The number of benzene rings is 2. The third kappa shape index (κ3) is 4.81. The van der Waals surface area contributed by atoms with Crippen molar-refractivity contribution in [3.8, 4) is 0 Å². The summed E-state index contributed by atoms with van der Waals surface area (Å²) in [5.41, 5.74) is 3.49. The molecule has 1 fully saturated rings. The molecular weight excluding hydrogens is 369 g/mol. The zero-order valence-corrected chi connectivity index (χ0v) is 16.4. The van der Waals surface area contributed by atoms with Gasteiger partial charge in [-0.2, -0.15) is 4.98 Å². The fourth-order valence-corrected chi connectivity index (χ4v) is 3.33. The van der Waals surface area contributed by atoms with Gasteiger partial charge in [0.1, 0.15) is 11.6 Å². The van der Waals surface area contributed by atoms with Crippen LogP contribution in [0.5, 0.6) is 0 Å². The van der Waals surface area contributed by atoms with Gasteiger partial charge in [0.2, 0.25) is 5.95 Å².